The first-order valence-corrected chi connectivity index (χ1v) is 10.8. The third-order valence-electron chi connectivity index (χ3n) is 5.61. The molecule has 0 spiro atoms. The van der Waals surface area contributed by atoms with Gasteiger partial charge in [-0.05, 0) is 73.5 Å². The lowest BCUT2D eigenvalue weighted by Crippen LogP contribution is -2.13. The van der Waals surface area contributed by atoms with Gasteiger partial charge in [0, 0.05) is 28.7 Å². The Kier molecular flexibility index (Phi) is 5.36. The standard InChI is InChI=1S/C26H20ClN5O/c1-16-4-3-5-24(17(16)2)32-25(18-6-11-21-22(14-18)29-13-12-28-21)15-23(31-32)26(33)30-20-9-7-19(27)8-10-20/h3-15H,1-2H3,(H,30,33). The molecule has 3 aromatic carbocycles. The summed E-state index contributed by atoms with van der Waals surface area (Å²) in [4.78, 5) is 21.8. The number of hydrogen-bond acceptors (Lipinski definition) is 4. The van der Waals surface area contributed by atoms with E-state index in [1.165, 1.54) is 0 Å². The lowest BCUT2D eigenvalue weighted by atomic mass is 10.1. The summed E-state index contributed by atoms with van der Waals surface area (Å²) in [5, 5.41) is 8.19. The molecular weight excluding hydrogens is 434 g/mol. The molecule has 1 N–H and O–H groups in total. The minimum Gasteiger partial charge on any atom is -0.321 e. The van der Waals surface area contributed by atoms with Gasteiger partial charge in [0.15, 0.2) is 5.69 Å². The molecule has 5 rings (SSSR count). The van der Waals surface area contributed by atoms with E-state index in [0.717, 1.165) is 39.1 Å². The molecular formula is C26H20ClN5O. The van der Waals surface area contributed by atoms with Gasteiger partial charge in [0.2, 0.25) is 0 Å². The molecule has 7 heteroatoms. The highest BCUT2D eigenvalue weighted by Gasteiger charge is 2.19. The van der Waals surface area contributed by atoms with E-state index in [-0.39, 0.29) is 5.91 Å². The Hall–Kier alpha value is -4.03. The Morgan fingerprint density at radius 3 is 2.45 bits per heavy atom. The highest BCUT2D eigenvalue weighted by Crippen LogP contribution is 2.29. The Labute approximate surface area is 195 Å². The van der Waals surface area contributed by atoms with E-state index in [1.54, 1.807) is 42.7 Å². The van der Waals surface area contributed by atoms with Crippen LogP contribution in [0.3, 0.4) is 0 Å². The number of benzene rings is 3. The smallest absolute Gasteiger partial charge is 0.276 e. The number of nitrogens with one attached hydrogen (secondary N) is 1. The molecule has 0 aliphatic rings. The van der Waals surface area contributed by atoms with Crippen molar-refractivity contribution in [1.82, 2.24) is 19.7 Å². The summed E-state index contributed by atoms with van der Waals surface area (Å²) >= 11 is 5.96. The van der Waals surface area contributed by atoms with Crippen LogP contribution in [0.4, 0.5) is 5.69 Å². The van der Waals surface area contributed by atoms with Crippen LogP contribution in [0.2, 0.25) is 5.02 Å². The van der Waals surface area contributed by atoms with Crippen LogP contribution < -0.4 is 5.32 Å². The summed E-state index contributed by atoms with van der Waals surface area (Å²) in [6.07, 6.45) is 3.33. The minimum atomic E-state index is -0.303. The number of carbonyl (C=O) groups is 1. The zero-order chi connectivity index (χ0) is 22.9. The van der Waals surface area contributed by atoms with E-state index in [2.05, 4.69) is 35.2 Å². The molecule has 0 fully saturated rings. The second-order valence-corrected chi connectivity index (χ2v) is 8.20. The maximum absolute atomic E-state index is 13.0. The normalized spacial score (nSPS) is 11.0. The number of fused-ring (bicyclic) bond motifs is 1. The summed E-state index contributed by atoms with van der Waals surface area (Å²) in [6, 6.07) is 20.7. The average molecular weight is 454 g/mol. The third-order valence-corrected chi connectivity index (χ3v) is 5.87. The summed E-state index contributed by atoms with van der Waals surface area (Å²) in [6.45, 7) is 4.11. The number of hydrogen-bond donors (Lipinski definition) is 1. The number of carbonyl (C=O) groups excluding carboxylic acids is 1. The Bertz CT molecular complexity index is 1490. The number of halogens is 1. The predicted molar refractivity (Wildman–Crippen MR) is 131 cm³/mol. The number of aryl methyl sites for hydroxylation is 1. The van der Waals surface area contributed by atoms with E-state index in [4.69, 9.17) is 16.7 Å². The monoisotopic (exact) mass is 453 g/mol. The first-order valence-electron chi connectivity index (χ1n) is 10.4. The van der Waals surface area contributed by atoms with E-state index >= 15 is 0 Å². The SMILES string of the molecule is Cc1cccc(-n2nc(C(=O)Nc3ccc(Cl)cc3)cc2-c2ccc3nccnc3c2)c1C. The van der Waals surface area contributed by atoms with Crippen molar-refractivity contribution in [2.45, 2.75) is 13.8 Å². The average Bonchev–Trinajstić information content (AvgIpc) is 3.27. The molecule has 0 radical (unpaired) electrons. The molecule has 0 aliphatic carbocycles. The van der Waals surface area contributed by atoms with Crippen LogP contribution in [0, 0.1) is 13.8 Å². The van der Waals surface area contributed by atoms with Crippen molar-refractivity contribution in [1.29, 1.82) is 0 Å². The van der Waals surface area contributed by atoms with Gasteiger partial charge >= 0.3 is 0 Å². The predicted octanol–water partition coefficient (Wildman–Crippen LogP) is 6.01. The van der Waals surface area contributed by atoms with Gasteiger partial charge in [-0.15, -0.1) is 0 Å². The van der Waals surface area contributed by atoms with E-state index < -0.39 is 0 Å². The van der Waals surface area contributed by atoms with E-state index in [0.29, 0.717) is 16.4 Å². The van der Waals surface area contributed by atoms with Crippen molar-refractivity contribution in [3.05, 3.63) is 101 Å². The summed E-state index contributed by atoms with van der Waals surface area (Å²) in [5.74, 6) is -0.303. The molecule has 5 aromatic rings. The molecule has 33 heavy (non-hydrogen) atoms. The van der Waals surface area contributed by atoms with Crippen LogP contribution >= 0.6 is 11.6 Å². The highest BCUT2D eigenvalue weighted by molar-refractivity contribution is 6.30. The number of nitrogens with zero attached hydrogens (tertiary/aromatic N) is 4. The van der Waals surface area contributed by atoms with Crippen LogP contribution in [0.25, 0.3) is 28.0 Å². The van der Waals surface area contributed by atoms with Gasteiger partial charge in [0.25, 0.3) is 5.91 Å². The molecule has 6 nitrogen and oxygen atoms in total. The van der Waals surface area contributed by atoms with Gasteiger partial charge in [-0.3, -0.25) is 14.8 Å². The van der Waals surface area contributed by atoms with E-state index in [1.807, 2.05) is 35.0 Å². The summed E-state index contributed by atoms with van der Waals surface area (Å²) in [5.41, 5.74) is 7.36. The lowest BCUT2D eigenvalue weighted by molar-refractivity contribution is 0.102. The van der Waals surface area contributed by atoms with Crippen molar-refractivity contribution in [3.8, 4) is 16.9 Å². The zero-order valence-corrected chi connectivity index (χ0v) is 18.8. The fraction of sp³-hybridized carbons (Fsp3) is 0.0769. The molecule has 0 atom stereocenters. The zero-order valence-electron chi connectivity index (χ0n) is 18.1. The fourth-order valence-corrected chi connectivity index (χ4v) is 3.82. The molecule has 0 aliphatic heterocycles. The maximum atomic E-state index is 13.0. The first kappa shape index (κ1) is 20.8. The molecule has 0 bridgehead atoms. The quantitative estimate of drug-likeness (QED) is 0.362. The van der Waals surface area contributed by atoms with E-state index in [9.17, 15) is 4.79 Å². The van der Waals surface area contributed by atoms with Crippen molar-refractivity contribution in [2.24, 2.45) is 0 Å². The number of anilines is 1. The Morgan fingerprint density at radius 2 is 1.67 bits per heavy atom. The second-order valence-electron chi connectivity index (χ2n) is 7.77. The van der Waals surface area contributed by atoms with Gasteiger partial charge in [-0.2, -0.15) is 5.10 Å². The van der Waals surface area contributed by atoms with Crippen LogP contribution in [-0.4, -0.2) is 25.7 Å². The summed E-state index contributed by atoms with van der Waals surface area (Å²) < 4.78 is 1.82. The van der Waals surface area contributed by atoms with Gasteiger partial charge in [0.05, 0.1) is 22.4 Å². The van der Waals surface area contributed by atoms with Crippen LogP contribution in [0.15, 0.2) is 79.1 Å². The van der Waals surface area contributed by atoms with Crippen molar-refractivity contribution < 1.29 is 4.79 Å². The molecule has 0 saturated heterocycles. The topological polar surface area (TPSA) is 72.7 Å². The highest BCUT2D eigenvalue weighted by atomic mass is 35.5. The Morgan fingerprint density at radius 1 is 0.909 bits per heavy atom. The Balaban J connectivity index is 1.63. The van der Waals surface area contributed by atoms with Crippen LogP contribution in [0.5, 0.6) is 0 Å². The molecule has 0 saturated carbocycles. The van der Waals surface area contributed by atoms with Gasteiger partial charge in [-0.25, -0.2) is 4.68 Å². The second kappa shape index (κ2) is 8.48. The fourth-order valence-electron chi connectivity index (χ4n) is 3.70. The number of aromatic nitrogens is 4. The molecule has 2 heterocycles. The molecule has 1 amide bonds. The molecule has 162 valence electrons. The molecule has 0 unspecified atom stereocenters. The maximum Gasteiger partial charge on any atom is 0.276 e. The van der Waals surface area contributed by atoms with Gasteiger partial charge < -0.3 is 5.32 Å². The first-order chi connectivity index (χ1) is 16.0. The number of amides is 1. The van der Waals surface area contributed by atoms with Gasteiger partial charge in [-0.1, -0.05) is 29.8 Å². The molecule has 2 aromatic heterocycles. The largest absolute Gasteiger partial charge is 0.321 e. The van der Waals surface area contributed by atoms with Crippen LogP contribution in [0.1, 0.15) is 21.6 Å². The van der Waals surface area contributed by atoms with Gasteiger partial charge in [0.1, 0.15) is 0 Å². The van der Waals surface area contributed by atoms with Crippen LogP contribution in [-0.2, 0) is 0 Å². The lowest BCUT2D eigenvalue weighted by Gasteiger charge is -2.12. The van der Waals surface area contributed by atoms with Crippen molar-refractivity contribution in [2.75, 3.05) is 5.32 Å². The summed E-state index contributed by atoms with van der Waals surface area (Å²) in [7, 11) is 0. The minimum absolute atomic E-state index is 0.303. The van der Waals surface area contributed by atoms with Crippen molar-refractivity contribution >= 4 is 34.2 Å². The van der Waals surface area contributed by atoms with Crippen molar-refractivity contribution in [3.63, 3.8) is 0 Å². The third kappa shape index (κ3) is 4.08. The number of rotatable bonds is 4.